The Labute approximate surface area is 173 Å². The molecule has 28 heavy (non-hydrogen) atoms. The second-order valence-electron chi connectivity index (χ2n) is 8.02. The van der Waals surface area contributed by atoms with E-state index in [-0.39, 0.29) is 0 Å². The van der Waals surface area contributed by atoms with Crippen LogP contribution in [0.5, 0.6) is 11.5 Å². The molecule has 3 aliphatic heterocycles. The van der Waals surface area contributed by atoms with Crippen LogP contribution in [0.25, 0.3) is 0 Å². The number of benzene rings is 2. The fourth-order valence-electron chi connectivity index (χ4n) is 4.51. The minimum Gasteiger partial charge on any atom is -0.494 e. The zero-order valence-electron chi connectivity index (χ0n) is 16.9. The predicted octanol–water partition coefficient (Wildman–Crippen LogP) is 4.92. The summed E-state index contributed by atoms with van der Waals surface area (Å²) in [7, 11) is -1.01. The van der Waals surface area contributed by atoms with Crippen molar-refractivity contribution in [2.75, 3.05) is 13.2 Å². The fraction of sp³-hybridized carbons (Fsp3) is 0.500. The summed E-state index contributed by atoms with van der Waals surface area (Å²) < 4.78 is 12.5. The van der Waals surface area contributed by atoms with E-state index in [4.69, 9.17) is 9.47 Å². The highest BCUT2D eigenvalue weighted by Crippen LogP contribution is 2.24. The van der Waals surface area contributed by atoms with E-state index in [1.165, 1.54) is 61.4 Å². The third-order valence-electron chi connectivity index (χ3n) is 6.00. The summed E-state index contributed by atoms with van der Waals surface area (Å²) in [5, 5.41) is 3.10. The third-order valence-corrected chi connectivity index (χ3v) is 12.2. The van der Waals surface area contributed by atoms with Crippen LogP contribution in [0.1, 0.15) is 38.5 Å². The number of ether oxygens (including phenoxy) is 2. The van der Waals surface area contributed by atoms with Crippen LogP contribution in [0.2, 0.25) is 24.2 Å². The van der Waals surface area contributed by atoms with Gasteiger partial charge in [0.05, 0.1) is 30.8 Å². The minimum atomic E-state index is -0.504. The molecular weight excluding hydrogens is 376 g/mol. The molecule has 0 N–H and O–H groups in total. The largest absolute Gasteiger partial charge is 0.494 e. The number of hydrogen-bond acceptors (Lipinski definition) is 2. The molecule has 0 atom stereocenters. The van der Waals surface area contributed by atoms with Crippen LogP contribution in [-0.4, -0.2) is 30.8 Å². The Morgan fingerprint density at radius 2 is 0.929 bits per heavy atom. The van der Waals surface area contributed by atoms with Gasteiger partial charge in [-0.3, -0.25) is 0 Å². The Balaban J connectivity index is 1.56. The van der Waals surface area contributed by atoms with Gasteiger partial charge in [0, 0.05) is 0 Å². The number of para-hydroxylation sites is 2. The van der Waals surface area contributed by atoms with Gasteiger partial charge in [0.1, 0.15) is 11.5 Å². The summed E-state index contributed by atoms with van der Waals surface area (Å²) >= 11 is 0. The van der Waals surface area contributed by atoms with E-state index in [2.05, 4.69) is 48.5 Å². The van der Waals surface area contributed by atoms with Gasteiger partial charge >= 0.3 is 0 Å². The molecule has 0 aromatic heterocycles. The lowest BCUT2D eigenvalue weighted by atomic mass is 10.2. The zero-order valence-corrected chi connectivity index (χ0v) is 18.9. The molecule has 2 aromatic rings. The number of hydrogen-bond donors (Lipinski definition) is 0. The fourth-order valence-corrected chi connectivity index (χ4v) is 10.9. The van der Waals surface area contributed by atoms with Crippen LogP contribution < -0.4 is 19.8 Å². The van der Waals surface area contributed by atoms with Gasteiger partial charge in [-0.05, 0) is 48.2 Å². The van der Waals surface area contributed by atoms with Gasteiger partial charge in [-0.1, -0.05) is 73.4 Å². The molecule has 0 amide bonds. The second kappa shape index (κ2) is 10.3. The Bertz CT molecular complexity index is 677. The minimum absolute atomic E-state index is 0.504. The molecule has 0 spiro atoms. The molecule has 0 unspecified atom stereocenters. The summed E-state index contributed by atoms with van der Waals surface area (Å²) in [5.41, 5.74) is 0. The average Bonchev–Trinajstić information content (AvgIpc) is 2.71. The van der Waals surface area contributed by atoms with Crippen LogP contribution in [0.4, 0.5) is 0 Å². The monoisotopic (exact) mass is 408 g/mol. The lowest BCUT2D eigenvalue weighted by Gasteiger charge is -2.25. The lowest BCUT2D eigenvalue weighted by molar-refractivity contribution is 0.289. The van der Waals surface area contributed by atoms with E-state index in [0.717, 1.165) is 26.1 Å². The van der Waals surface area contributed by atoms with E-state index in [9.17, 15) is 0 Å². The SMILES string of the molecule is c1ccc2c(c1)OCCCCCCOc1ccccc1[Si]1CCC[Si]2CCC1. The Morgan fingerprint density at radius 1 is 0.500 bits per heavy atom. The Morgan fingerprint density at radius 3 is 1.39 bits per heavy atom. The zero-order chi connectivity index (χ0) is 19.0. The quantitative estimate of drug-likeness (QED) is 0.576. The van der Waals surface area contributed by atoms with Crippen molar-refractivity contribution in [1.82, 2.24) is 0 Å². The van der Waals surface area contributed by atoms with E-state index >= 15 is 0 Å². The first-order valence-electron chi connectivity index (χ1n) is 11.1. The molecule has 1 saturated heterocycles. The highest BCUT2D eigenvalue weighted by molar-refractivity contribution is 6.76. The summed E-state index contributed by atoms with van der Waals surface area (Å²) in [4.78, 5) is 0. The first kappa shape index (κ1) is 19.8. The molecule has 0 aliphatic carbocycles. The Kier molecular flexibility index (Phi) is 7.28. The van der Waals surface area contributed by atoms with Crippen LogP contribution in [0, 0.1) is 0 Å². The normalized spacial score (nSPS) is 20.1. The van der Waals surface area contributed by atoms with Gasteiger partial charge in [0.2, 0.25) is 0 Å². The van der Waals surface area contributed by atoms with Crippen molar-refractivity contribution in [3.8, 4) is 11.5 Å². The van der Waals surface area contributed by atoms with Gasteiger partial charge in [0.25, 0.3) is 0 Å². The van der Waals surface area contributed by atoms with Crippen LogP contribution in [0.15, 0.2) is 48.5 Å². The third kappa shape index (κ3) is 5.09. The van der Waals surface area contributed by atoms with Gasteiger partial charge in [-0.15, -0.1) is 0 Å². The molecule has 2 radical (unpaired) electrons. The molecule has 3 aliphatic rings. The van der Waals surface area contributed by atoms with Crippen molar-refractivity contribution in [2.45, 2.75) is 62.7 Å². The topological polar surface area (TPSA) is 18.5 Å². The predicted molar refractivity (Wildman–Crippen MR) is 122 cm³/mol. The number of fused-ring (bicyclic) bond motifs is 11. The van der Waals surface area contributed by atoms with Crippen molar-refractivity contribution >= 4 is 28.0 Å². The van der Waals surface area contributed by atoms with Crippen molar-refractivity contribution < 1.29 is 9.47 Å². The highest BCUT2D eigenvalue weighted by Gasteiger charge is 2.25. The van der Waals surface area contributed by atoms with E-state index in [0.29, 0.717) is 0 Å². The lowest BCUT2D eigenvalue weighted by Crippen LogP contribution is -2.37. The van der Waals surface area contributed by atoms with E-state index in [1.54, 1.807) is 10.4 Å². The summed E-state index contributed by atoms with van der Waals surface area (Å²) in [6.45, 7) is 1.70. The summed E-state index contributed by atoms with van der Waals surface area (Å²) in [6.07, 6.45) is 7.46. The maximum Gasteiger partial charge on any atom is 0.118 e. The first-order valence-corrected chi connectivity index (χ1v) is 14.9. The van der Waals surface area contributed by atoms with Crippen molar-refractivity contribution in [2.24, 2.45) is 0 Å². The molecular formula is C24H32O2Si2. The maximum atomic E-state index is 6.25. The molecule has 148 valence electrons. The van der Waals surface area contributed by atoms with Crippen LogP contribution >= 0.6 is 0 Å². The average molecular weight is 409 g/mol. The second-order valence-corrected chi connectivity index (χ2v) is 13.5. The maximum absolute atomic E-state index is 6.25. The summed E-state index contributed by atoms with van der Waals surface area (Å²) in [5.74, 6) is 2.36. The standard InChI is InChI=1S/C24H32O2Si2/c1-2-8-16-26-22-12-4-6-14-24(22)28-19-9-17-27(18-10-20-28)23-13-5-3-11-21(23)25-15-7-1/h3-6,11-14H,1-2,7-10,15-20H2. The van der Waals surface area contributed by atoms with Crippen molar-refractivity contribution in [3.63, 3.8) is 0 Å². The molecule has 2 nitrogen and oxygen atoms in total. The smallest absolute Gasteiger partial charge is 0.118 e. The Hall–Kier alpha value is -1.53. The van der Waals surface area contributed by atoms with Gasteiger partial charge in [0.15, 0.2) is 0 Å². The molecule has 5 rings (SSSR count). The highest BCUT2D eigenvalue weighted by atomic mass is 28.3. The molecule has 4 heteroatoms. The van der Waals surface area contributed by atoms with Gasteiger partial charge < -0.3 is 9.47 Å². The van der Waals surface area contributed by atoms with E-state index in [1.807, 2.05) is 0 Å². The molecule has 0 saturated carbocycles. The van der Waals surface area contributed by atoms with Crippen LogP contribution in [0.3, 0.4) is 0 Å². The first-order chi connectivity index (χ1) is 13.9. The summed E-state index contributed by atoms with van der Waals surface area (Å²) in [6, 6.07) is 23.4. The van der Waals surface area contributed by atoms with Gasteiger partial charge in [-0.25, -0.2) is 0 Å². The van der Waals surface area contributed by atoms with E-state index < -0.39 is 17.6 Å². The molecule has 3 heterocycles. The van der Waals surface area contributed by atoms with Crippen molar-refractivity contribution in [3.05, 3.63) is 48.5 Å². The molecule has 2 bridgehead atoms. The van der Waals surface area contributed by atoms with Crippen molar-refractivity contribution in [1.29, 1.82) is 0 Å². The van der Waals surface area contributed by atoms with Gasteiger partial charge in [-0.2, -0.15) is 0 Å². The molecule has 1 fully saturated rings. The number of rotatable bonds is 0. The van der Waals surface area contributed by atoms with Crippen LogP contribution in [-0.2, 0) is 0 Å². The molecule has 2 aromatic carbocycles.